The summed E-state index contributed by atoms with van der Waals surface area (Å²) in [6.45, 7) is 9.96. The molecule has 0 aliphatic rings. The summed E-state index contributed by atoms with van der Waals surface area (Å²) in [5.41, 5.74) is 1.21. The molecule has 0 heterocycles. The lowest BCUT2D eigenvalue weighted by Crippen LogP contribution is -1.65. The molecule has 0 saturated heterocycles. The molecule has 0 aromatic heterocycles. The van der Waals surface area contributed by atoms with Crippen molar-refractivity contribution in [2.75, 3.05) is 0 Å². The van der Waals surface area contributed by atoms with E-state index < -0.39 is 0 Å². The van der Waals surface area contributed by atoms with Crippen LogP contribution in [0.2, 0.25) is 0 Å². The molecular weight excluding hydrogens is 124 g/mol. The van der Waals surface area contributed by atoms with Gasteiger partial charge in [0.15, 0.2) is 5.70 Å². The lowest BCUT2D eigenvalue weighted by molar-refractivity contribution is 1.43. The van der Waals surface area contributed by atoms with Gasteiger partial charge in [-0.3, -0.25) is 0 Å². The summed E-state index contributed by atoms with van der Waals surface area (Å²) in [6, 6.07) is 1.96. The second-order valence-corrected chi connectivity index (χ2v) is 1.88. The van der Waals surface area contributed by atoms with Crippen molar-refractivity contribution in [1.29, 1.82) is 5.26 Å². The van der Waals surface area contributed by atoms with Crippen molar-refractivity contribution in [3.05, 3.63) is 34.8 Å². The van der Waals surface area contributed by atoms with Crippen LogP contribution in [0.3, 0.4) is 0 Å². The quantitative estimate of drug-likeness (QED) is 0.305. The molecule has 10 heavy (non-hydrogen) atoms. The monoisotopic (exact) mass is 132 g/mol. The smallest absolute Gasteiger partial charge is 0.162 e. The molecule has 2 nitrogen and oxygen atoms in total. The molecule has 0 saturated carbocycles. The van der Waals surface area contributed by atoms with Gasteiger partial charge in [-0.15, -0.1) is 0 Å². The van der Waals surface area contributed by atoms with Crippen LogP contribution in [0, 0.1) is 17.9 Å². The summed E-state index contributed by atoms with van der Waals surface area (Å²) < 4.78 is 0. The van der Waals surface area contributed by atoms with Crippen LogP contribution in [0.15, 0.2) is 23.4 Å². The predicted octanol–water partition coefficient (Wildman–Crippen LogP) is 2.28. The van der Waals surface area contributed by atoms with Gasteiger partial charge in [-0.25, -0.2) is 4.85 Å². The Morgan fingerprint density at radius 1 is 1.50 bits per heavy atom. The minimum Gasteiger partial charge on any atom is -0.243 e. The van der Waals surface area contributed by atoms with E-state index in [0.29, 0.717) is 11.3 Å². The first-order chi connectivity index (χ1) is 4.70. The third-order valence-electron chi connectivity index (χ3n) is 0.927. The molecule has 0 amide bonds. The molecule has 0 aliphatic heterocycles. The first-order valence-electron chi connectivity index (χ1n) is 2.83. The first kappa shape index (κ1) is 8.46. The Bertz CT molecular complexity index is 217. The van der Waals surface area contributed by atoms with Crippen LogP contribution in [0.5, 0.6) is 0 Å². The number of allylic oxidation sites excluding steroid dienone is 4. The molecule has 0 aliphatic carbocycles. The van der Waals surface area contributed by atoms with Gasteiger partial charge in [-0.05, 0) is 13.8 Å². The van der Waals surface area contributed by atoms with Gasteiger partial charge in [0.05, 0.1) is 12.6 Å². The van der Waals surface area contributed by atoms with Crippen LogP contribution in [0.4, 0.5) is 0 Å². The fourth-order valence-electron chi connectivity index (χ4n) is 0.320. The first-order valence-corrected chi connectivity index (χ1v) is 2.83. The molecular formula is C8H8N2. The maximum Gasteiger partial charge on any atom is 0.162 e. The molecule has 0 spiro atoms. The molecule has 0 rings (SSSR count). The average molecular weight is 132 g/mol. The molecule has 0 fully saturated rings. The molecule has 0 atom stereocenters. The summed E-state index contributed by atoms with van der Waals surface area (Å²) in [4.78, 5) is 3.15. The summed E-state index contributed by atoms with van der Waals surface area (Å²) in [6.07, 6.45) is 3.26. The molecule has 0 N–H and O–H groups in total. The highest BCUT2D eigenvalue weighted by Gasteiger charge is 1.81. The van der Waals surface area contributed by atoms with Crippen LogP contribution >= 0.6 is 0 Å². The van der Waals surface area contributed by atoms with E-state index in [1.165, 1.54) is 0 Å². The van der Waals surface area contributed by atoms with E-state index in [2.05, 4.69) is 4.85 Å². The van der Waals surface area contributed by atoms with Gasteiger partial charge in [0.25, 0.3) is 0 Å². The molecule has 2 heteroatoms. The van der Waals surface area contributed by atoms with Crippen LogP contribution in [0.1, 0.15) is 13.8 Å². The Balaban J connectivity index is 4.25. The standard InChI is InChI=1S/C8H8N2/c1-7(6-9)4-5-8(2)10-3/h4-5H,1-2H3/b7-4+,8-5+. The summed E-state index contributed by atoms with van der Waals surface area (Å²) in [5.74, 6) is 0. The van der Waals surface area contributed by atoms with E-state index in [-0.39, 0.29) is 0 Å². The highest BCUT2D eigenvalue weighted by molar-refractivity contribution is 5.26. The number of rotatable bonds is 1. The fraction of sp³-hybridized carbons (Fsp3) is 0.250. The fourth-order valence-corrected chi connectivity index (χ4v) is 0.320. The second-order valence-electron chi connectivity index (χ2n) is 1.88. The highest BCUT2D eigenvalue weighted by atomic mass is 14.6. The summed E-state index contributed by atoms with van der Waals surface area (Å²) >= 11 is 0. The van der Waals surface area contributed by atoms with E-state index in [1.54, 1.807) is 26.0 Å². The van der Waals surface area contributed by atoms with Crippen LogP contribution < -0.4 is 0 Å². The van der Waals surface area contributed by atoms with Gasteiger partial charge in [-0.2, -0.15) is 5.26 Å². The van der Waals surface area contributed by atoms with E-state index in [0.717, 1.165) is 0 Å². The predicted molar refractivity (Wildman–Crippen MR) is 39.7 cm³/mol. The van der Waals surface area contributed by atoms with Crippen molar-refractivity contribution in [2.24, 2.45) is 0 Å². The van der Waals surface area contributed by atoms with Gasteiger partial charge in [-0.1, -0.05) is 12.2 Å². The summed E-state index contributed by atoms with van der Waals surface area (Å²) in [7, 11) is 0. The minimum atomic E-state index is 0.592. The molecule has 50 valence electrons. The number of hydrogen-bond acceptors (Lipinski definition) is 1. The van der Waals surface area contributed by atoms with Gasteiger partial charge < -0.3 is 0 Å². The highest BCUT2D eigenvalue weighted by Crippen LogP contribution is 1.96. The summed E-state index contributed by atoms with van der Waals surface area (Å²) in [5, 5.41) is 8.30. The number of nitriles is 1. The van der Waals surface area contributed by atoms with E-state index in [4.69, 9.17) is 11.8 Å². The Morgan fingerprint density at radius 3 is 2.50 bits per heavy atom. The zero-order chi connectivity index (χ0) is 7.98. The van der Waals surface area contributed by atoms with E-state index in [9.17, 15) is 0 Å². The molecule has 0 bridgehead atoms. The molecule has 0 aromatic rings. The number of hydrogen-bond donors (Lipinski definition) is 0. The maximum absolute atomic E-state index is 8.30. The largest absolute Gasteiger partial charge is 0.243 e. The van der Waals surface area contributed by atoms with E-state index in [1.807, 2.05) is 6.07 Å². The van der Waals surface area contributed by atoms with Crippen molar-refractivity contribution in [3.63, 3.8) is 0 Å². The van der Waals surface area contributed by atoms with Gasteiger partial charge in [0, 0.05) is 5.57 Å². The van der Waals surface area contributed by atoms with Crippen molar-refractivity contribution in [1.82, 2.24) is 0 Å². The Morgan fingerprint density at radius 2 is 2.10 bits per heavy atom. The molecule has 0 radical (unpaired) electrons. The lowest BCUT2D eigenvalue weighted by Gasteiger charge is -1.80. The Kier molecular flexibility index (Phi) is 3.68. The Labute approximate surface area is 60.9 Å². The van der Waals surface area contributed by atoms with Crippen molar-refractivity contribution < 1.29 is 0 Å². The van der Waals surface area contributed by atoms with Crippen LogP contribution in [-0.2, 0) is 0 Å². The number of nitrogens with zero attached hydrogens (tertiary/aromatic N) is 2. The zero-order valence-corrected chi connectivity index (χ0v) is 6.05. The molecule has 0 aromatic carbocycles. The SMILES string of the molecule is [C-]#[N+]/C(C)=C/C=C(\C)C#N. The normalized spacial score (nSPS) is 12.0. The van der Waals surface area contributed by atoms with Gasteiger partial charge >= 0.3 is 0 Å². The van der Waals surface area contributed by atoms with Crippen molar-refractivity contribution in [3.8, 4) is 6.07 Å². The van der Waals surface area contributed by atoms with Crippen LogP contribution in [0.25, 0.3) is 4.85 Å². The van der Waals surface area contributed by atoms with E-state index >= 15 is 0 Å². The lowest BCUT2D eigenvalue weighted by atomic mass is 10.3. The Hall–Kier alpha value is -1.54. The second kappa shape index (κ2) is 4.35. The zero-order valence-electron chi connectivity index (χ0n) is 6.05. The average Bonchev–Trinajstić information content (AvgIpc) is 1.99. The van der Waals surface area contributed by atoms with Gasteiger partial charge in [0.2, 0.25) is 0 Å². The minimum absolute atomic E-state index is 0.592. The third-order valence-corrected chi connectivity index (χ3v) is 0.927. The van der Waals surface area contributed by atoms with Crippen LogP contribution in [-0.4, -0.2) is 0 Å². The van der Waals surface area contributed by atoms with Gasteiger partial charge in [0.1, 0.15) is 0 Å². The van der Waals surface area contributed by atoms with Crippen molar-refractivity contribution in [2.45, 2.75) is 13.8 Å². The molecule has 0 unspecified atom stereocenters. The van der Waals surface area contributed by atoms with Crippen molar-refractivity contribution >= 4 is 0 Å². The maximum atomic E-state index is 8.30. The third kappa shape index (κ3) is 3.46. The topological polar surface area (TPSA) is 28.1 Å².